The van der Waals surface area contributed by atoms with Crippen molar-refractivity contribution in [3.8, 4) is 0 Å². The average Bonchev–Trinajstić information content (AvgIpc) is 3.10. The summed E-state index contributed by atoms with van der Waals surface area (Å²) >= 11 is 0. The molecule has 8 N–H and O–H groups in total. The van der Waals surface area contributed by atoms with Gasteiger partial charge < -0.3 is 42.1 Å². The maximum atomic E-state index is 9.86. The number of nitrogens with one attached hydrogen (secondary N) is 6. The predicted molar refractivity (Wildman–Crippen MR) is 222 cm³/mol. The monoisotopic (exact) mass is 744 g/mol. The Morgan fingerprint density at radius 3 is 1.09 bits per heavy atom. The molecule has 14 nitrogen and oxygen atoms in total. The molecule has 0 bridgehead atoms. The van der Waals surface area contributed by atoms with Crippen LogP contribution in [-0.4, -0.2) is 112 Å². The van der Waals surface area contributed by atoms with Crippen LogP contribution in [0.5, 0.6) is 0 Å². The van der Waals surface area contributed by atoms with E-state index >= 15 is 0 Å². The molecular formula is C38H42N12Na2O2. The van der Waals surface area contributed by atoms with Crippen molar-refractivity contribution >= 4 is 130 Å². The van der Waals surface area contributed by atoms with Gasteiger partial charge in [-0.05, 0) is 86.3 Å². The van der Waals surface area contributed by atoms with E-state index in [0.29, 0.717) is 23.8 Å². The summed E-state index contributed by atoms with van der Waals surface area (Å²) < 4.78 is 0. The fourth-order valence-corrected chi connectivity index (χ4v) is 4.95. The second kappa shape index (κ2) is 20.2. The molecular weight excluding hydrogens is 702 g/mol. The van der Waals surface area contributed by atoms with Crippen molar-refractivity contribution < 1.29 is 10.2 Å². The minimum absolute atomic E-state index is 0. The van der Waals surface area contributed by atoms with E-state index in [-0.39, 0.29) is 71.0 Å². The predicted octanol–water partition coefficient (Wildman–Crippen LogP) is 6.02. The van der Waals surface area contributed by atoms with Crippen LogP contribution in [-0.2, 0) is 0 Å². The number of hydrogen-bond donors (Lipinski definition) is 8. The first kappa shape index (κ1) is 42.1. The maximum absolute atomic E-state index is 9.86. The molecule has 0 radical (unpaired) electrons. The summed E-state index contributed by atoms with van der Waals surface area (Å²) in [6.07, 6.45) is 2.35. The van der Waals surface area contributed by atoms with E-state index in [1.165, 1.54) is 0 Å². The standard InChI is InChI=1S/C38H40N12O2.2Na.2H/c1-23-9-5-7-11-31(23)43-37-47-33(39-25(3)51)45-35(49-37)41-29-19-15-27(16-20-29)13-14-28-17-21-30(22-18-28)42-36-46-34(40-26(4)52)48-38(50-36)44-32-12-8-6-10-24(32)2;;;;/h5-22,25-26,51-52H,1-4H3,(H3,39,41,43,45,47,49)(H3,40,42,44,46,48,50);;;;. The van der Waals surface area contributed by atoms with Gasteiger partial charge in [-0.1, -0.05) is 72.8 Å². The number of benzene rings is 4. The van der Waals surface area contributed by atoms with Gasteiger partial charge in [-0.15, -0.1) is 0 Å². The van der Waals surface area contributed by atoms with Crippen LogP contribution in [0.4, 0.5) is 58.4 Å². The molecule has 0 amide bonds. The van der Waals surface area contributed by atoms with E-state index < -0.39 is 12.5 Å². The van der Waals surface area contributed by atoms with Crippen LogP contribution >= 0.6 is 0 Å². The Morgan fingerprint density at radius 2 is 0.759 bits per heavy atom. The van der Waals surface area contributed by atoms with Crippen molar-refractivity contribution in [1.82, 2.24) is 29.9 Å². The average molecular weight is 745 g/mol. The molecule has 2 unspecified atom stereocenters. The molecule has 6 aromatic rings. The Hall–Kier alpha value is -4.64. The third-order valence-electron chi connectivity index (χ3n) is 7.53. The Morgan fingerprint density at radius 1 is 0.444 bits per heavy atom. The molecule has 54 heavy (non-hydrogen) atoms. The molecule has 6 rings (SSSR count). The van der Waals surface area contributed by atoms with Crippen molar-refractivity contribution in [2.75, 3.05) is 31.9 Å². The summed E-state index contributed by atoms with van der Waals surface area (Å²) in [5, 5.41) is 38.3. The number of aryl methyl sites for hydroxylation is 2. The molecule has 0 saturated heterocycles. The van der Waals surface area contributed by atoms with E-state index in [4.69, 9.17) is 0 Å². The molecule has 0 aliphatic rings. The van der Waals surface area contributed by atoms with Gasteiger partial charge in [0.15, 0.2) is 0 Å². The van der Waals surface area contributed by atoms with Gasteiger partial charge in [0.2, 0.25) is 35.7 Å². The summed E-state index contributed by atoms with van der Waals surface area (Å²) in [6.45, 7) is 7.17. The van der Waals surface area contributed by atoms with Crippen molar-refractivity contribution in [2.24, 2.45) is 0 Å². The molecule has 4 aromatic carbocycles. The van der Waals surface area contributed by atoms with Crippen LogP contribution in [0.2, 0.25) is 0 Å². The van der Waals surface area contributed by atoms with Crippen LogP contribution < -0.4 is 31.9 Å². The first-order chi connectivity index (χ1) is 25.1. The zero-order valence-electron chi connectivity index (χ0n) is 29.1. The van der Waals surface area contributed by atoms with Crippen molar-refractivity contribution in [3.63, 3.8) is 0 Å². The molecule has 0 saturated carbocycles. The van der Waals surface area contributed by atoms with E-state index in [1.54, 1.807) is 13.8 Å². The molecule has 0 aliphatic carbocycles. The molecule has 268 valence electrons. The number of hydrogen-bond acceptors (Lipinski definition) is 14. The van der Waals surface area contributed by atoms with Crippen LogP contribution in [0.3, 0.4) is 0 Å². The molecule has 16 heteroatoms. The third-order valence-corrected chi connectivity index (χ3v) is 7.53. The van der Waals surface area contributed by atoms with Gasteiger partial charge in [0.1, 0.15) is 12.5 Å². The van der Waals surface area contributed by atoms with Gasteiger partial charge >= 0.3 is 59.1 Å². The van der Waals surface area contributed by atoms with E-state index in [0.717, 1.165) is 45.0 Å². The number of aliphatic hydroxyl groups is 2. The van der Waals surface area contributed by atoms with E-state index in [1.807, 2.05) is 123 Å². The Balaban J connectivity index is 0.00000325. The topological polar surface area (TPSA) is 190 Å². The SMILES string of the molecule is Cc1ccccc1Nc1nc(Nc2ccc(C=Cc3ccc(Nc4nc(Nc5ccccc5C)nc(NC(C)O)n4)cc3)cc2)nc(NC(C)O)n1.[NaH].[NaH]. The van der Waals surface area contributed by atoms with Crippen LogP contribution in [0.25, 0.3) is 12.2 Å². The zero-order valence-corrected chi connectivity index (χ0v) is 29.1. The molecule has 0 spiro atoms. The number of aromatic nitrogens is 6. The van der Waals surface area contributed by atoms with Crippen LogP contribution in [0.1, 0.15) is 36.1 Å². The van der Waals surface area contributed by atoms with Gasteiger partial charge in [-0.3, -0.25) is 0 Å². The molecule has 0 aliphatic heterocycles. The number of aliphatic hydroxyl groups excluding tert-OH is 2. The first-order valence-electron chi connectivity index (χ1n) is 16.6. The second-order valence-corrected chi connectivity index (χ2v) is 12.0. The fourth-order valence-electron chi connectivity index (χ4n) is 4.95. The van der Waals surface area contributed by atoms with Crippen molar-refractivity contribution in [3.05, 3.63) is 119 Å². The summed E-state index contributed by atoms with van der Waals surface area (Å²) in [4.78, 5) is 26.7. The molecule has 0 fully saturated rings. The fraction of sp³-hybridized carbons (Fsp3) is 0.158. The van der Waals surface area contributed by atoms with Crippen molar-refractivity contribution in [2.45, 2.75) is 40.2 Å². The van der Waals surface area contributed by atoms with E-state index in [9.17, 15) is 10.2 Å². The van der Waals surface area contributed by atoms with Crippen LogP contribution in [0, 0.1) is 13.8 Å². The van der Waals surface area contributed by atoms with Gasteiger partial charge in [0, 0.05) is 22.7 Å². The Labute approximate surface area is 358 Å². The van der Waals surface area contributed by atoms with E-state index in [2.05, 4.69) is 61.8 Å². The summed E-state index contributed by atoms with van der Waals surface area (Å²) in [5.41, 5.74) is 7.39. The summed E-state index contributed by atoms with van der Waals surface area (Å²) in [7, 11) is 0. The third kappa shape index (κ3) is 12.5. The number of rotatable bonds is 14. The Kier molecular flexibility index (Phi) is 15.7. The summed E-state index contributed by atoms with van der Waals surface area (Å²) in [5.74, 6) is 1.77. The van der Waals surface area contributed by atoms with Gasteiger partial charge in [0.25, 0.3) is 0 Å². The van der Waals surface area contributed by atoms with Crippen molar-refractivity contribution in [1.29, 1.82) is 0 Å². The number of nitrogens with zero attached hydrogens (tertiary/aromatic N) is 6. The normalized spacial score (nSPS) is 11.7. The summed E-state index contributed by atoms with van der Waals surface area (Å²) in [6, 6.07) is 31.3. The number of para-hydroxylation sites is 2. The van der Waals surface area contributed by atoms with Gasteiger partial charge in [-0.2, -0.15) is 29.9 Å². The van der Waals surface area contributed by atoms with Crippen LogP contribution in [0.15, 0.2) is 97.1 Å². The Bertz CT molecular complexity index is 2000. The molecule has 2 atom stereocenters. The van der Waals surface area contributed by atoms with Gasteiger partial charge in [-0.25, -0.2) is 0 Å². The zero-order chi connectivity index (χ0) is 36.5. The van der Waals surface area contributed by atoms with Gasteiger partial charge in [0.05, 0.1) is 0 Å². The molecule has 2 aromatic heterocycles. The minimum atomic E-state index is -0.844. The first-order valence-corrected chi connectivity index (χ1v) is 16.6. The number of anilines is 10. The molecule has 2 heterocycles. The second-order valence-electron chi connectivity index (χ2n) is 12.0. The quantitative estimate of drug-likeness (QED) is 0.0367.